The fourth-order valence-corrected chi connectivity index (χ4v) is 2.92. The van der Waals surface area contributed by atoms with Gasteiger partial charge in [-0.2, -0.15) is 0 Å². The normalized spacial score (nSPS) is 10.6. The van der Waals surface area contributed by atoms with Crippen molar-refractivity contribution in [2.24, 2.45) is 0 Å². The summed E-state index contributed by atoms with van der Waals surface area (Å²) in [7, 11) is 0. The Bertz CT molecular complexity index is 601. The minimum atomic E-state index is -0.863. The van der Waals surface area contributed by atoms with Crippen LogP contribution in [0.25, 0.3) is 0 Å². The molecule has 2 aromatic rings. The number of carboxylic acids is 1. The molecule has 5 nitrogen and oxygen atoms in total. The highest BCUT2D eigenvalue weighted by Crippen LogP contribution is 2.23. The third-order valence-electron chi connectivity index (χ3n) is 2.81. The maximum absolute atomic E-state index is 10.9. The summed E-state index contributed by atoms with van der Waals surface area (Å²) in [6.07, 6.45) is 1.53. The SMILES string of the molecule is CCCN(CC(=O)O)c1nnc(Cc2ccc(Cl)cc2)s1. The van der Waals surface area contributed by atoms with Crippen LogP contribution >= 0.6 is 22.9 Å². The van der Waals surface area contributed by atoms with Crippen molar-refractivity contribution in [2.45, 2.75) is 19.8 Å². The van der Waals surface area contributed by atoms with Gasteiger partial charge in [0.1, 0.15) is 11.6 Å². The van der Waals surface area contributed by atoms with E-state index in [0.717, 1.165) is 17.0 Å². The molecule has 0 spiro atoms. The van der Waals surface area contributed by atoms with Crippen molar-refractivity contribution in [1.82, 2.24) is 10.2 Å². The van der Waals surface area contributed by atoms with Crippen molar-refractivity contribution in [2.75, 3.05) is 18.0 Å². The Morgan fingerprint density at radius 3 is 2.67 bits per heavy atom. The molecule has 0 amide bonds. The first-order valence-corrected chi connectivity index (χ1v) is 7.81. The van der Waals surface area contributed by atoms with Crippen molar-refractivity contribution in [3.8, 4) is 0 Å². The van der Waals surface area contributed by atoms with E-state index in [2.05, 4.69) is 10.2 Å². The topological polar surface area (TPSA) is 66.3 Å². The molecular weight excluding hydrogens is 310 g/mol. The lowest BCUT2D eigenvalue weighted by Gasteiger charge is -2.17. The Kier molecular flexibility index (Phi) is 5.52. The predicted octanol–water partition coefficient (Wildman–Crippen LogP) is 3.08. The Balaban J connectivity index is 2.08. The van der Waals surface area contributed by atoms with Crippen LogP contribution in [0.1, 0.15) is 23.9 Å². The largest absolute Gasteiger partial charge is 0.480 e. The van der Waals surface area contributed by atoms with Gasteiger partial charge in [0.2, 0.25) is 5.13 Å². The second-order valence-electron chi connectivity index (χ2n) is 4.60. The van der Waals surface area contributed by atoms with Crippen molar-refractivity contribution >= 4 is 34.0 Å². The molecule has 0 aliphatic heterocycles. The van der Waals surface area contributed by atoms with E-state index < -0.39 is 5.97 Å². The molecule has 0 atom stereocenters. The third kappa shape index (κ3) is 4.68. The molecule has 21 heavy (non-hydrogen) atoms. The molecule has 1 aromatic heterocycles. The first kappa shape index (κ1) is 15.7. The van der Waals surface area contributed by atoms with Crippen molar-refractivity contribution in [1.29, 1.82) is 0 Å². The van der Waals surface area contributed by atoms with Gasteiger partial charge in [0.15, 0.2) is 0 Å². The molecule has 0 saturated heterocycles. The highest BCUT2D eigenvalue weighted by atomic mass is 35.5. The van der Waals surface area contributed by atoms with E-state index >= 15 is 0 Å². The summed E-state index contributed by atoms with van der Waals surface area (Å²) in [6.45, 7) is 2.61. The van der Waals surface area contributed by atoms with E-state index in [9.17, 15) is 4.79 Å². The van der Waals surface area contributed by atoms with E-state index in [-0.39, 0.29) is 6.54 Å². The maximum atomic E-state index is 10.9. The molecule has 0 saturated carbocycles. The molecule has 0 radical (unpaired) electrons. The van der Waals surface area contributed by atoms with Gasteiger partial charge in [-0.3, -0.25) is 4.79 Å². The molecule has 1 aromatic carbocycles. The van der Waals surface area contributed by atoms with Gasteiger partial charge in [-0.25, -0.2) is 0 Å². The lowest BCUT2D eigenvalue weighted by Crippen LogP contribution is -2.30. The third-order valence-corrected chi connectivity index (χ3v) is 4.05. The molecule has 0 aliphatic carbocycles. The summed E-state index contributed by atoms with van der Waals surface area (Å²) in [4.78, 5) is 12.6. The van der Waals surface area contributed by atoms with Crippen molar-refractivity contribution in [3.63, 3.8) is 0 Å². The van der Waals surface area contributed by atoms with Gasteiger partial charge in [-0.15, -0.1) is 10.2 Å². The van der Waals surface area contributed by atoms with Gasteiger partial charge in [-0.1, -0.05) is 42.0 Å². The Hall–Kier alpha value is -1.66. The first-order chi connectivity index (χ1) is 10.1. The molecule has 1 N–H and O–H groups in total. The lowest BCUT2D eigenvalue weighted by atomic mass is 10.2. The summed E-state index contributed by atoms with van der Waals surface area (Å²) in [6, 6.07) is 7.58. The van der Waals surface area contributed by atoms with Gasteiger partial charge < -0.3 is 10.0 Å². The van der Waals surface area contributed by atoms with Gasteiger partial charge >= 0.3 is 5.97 Å². The van der Waals surface area contributed by atoms with Crippen LogP contribution in [-0.4, -0.2) is 34.4 Å². The monoisotopic (exact) mass is 325 g/mol. The molecule has 0 aliphatic rings. The molecular formula is C14H16ClN3O2S. The zero-order chi connectivity index (χ0) is 15.2. The molecule has 7 heteroatoms. The predicted molar refractivity (Wildman–Crippen MR) is 84.3 cm³/mol. The molecule has 2 rings (SSSR count). The summed E-state index contributed by atoms with van der Waals surface area (Å²) in [5.74, 6) is -0.863. The number of aliphatic carboxylic acids is 1. The van der Waals surface area contributed by atoms with Gasteiger partial charge in [0, 0.05) is 18.0 Å². The minimum Gasteiger partial charge on any atom is -0.480 e. The Morgan fingerprint density at radius 1 is 1.33 bits per heavy atom. The van der Waals surface area contributed by atoms with Gasteiger partial charge in [-0.05, 0) is 24.1 Å². The van der Waals surface area contributed by atoms with Crippen LogP contribution in [0.3, 0.4) is 0 Å². The standard InChI is InChI=1S/C14H16ClN3O2S/c1-2-7-18(9-13(19)20)14-17-16-12(21-14)8-10-3-5-11(15)6-4-10/h3-6H,2,7-9H2,1H3,(H,19,20). The first-order valence-electron chi connectivity index (χ1n) is 6.62. The van der Waals surface area contributed by atoms with E-state index in [1.807, 2.05) is 31.2 Å². The quantitative estimate of drug-likeness (QED) is 0.847. The highest BCUT2D eigenvalue weighted by Gasteiger charge is 2.15. The van der Waals surface area contributed by atoms with Gasteiger partial charge in [0.05, 0.1) is 0 Å². The lowest BCUT2D eigenvalue weighted by molar-refractivity contribution is -0.135. The number of rotatable bonds is 7. The summed E-state index contributed by atoms with van der Waals surface area (Å²) in [5.41, 5.74) is 1.10. The summed E-state index contributed by atoms with van der Waals surface area (Å²) < 4.78 is 0. The highest BCUT2D eigenvalue weighted by molar-refractivity contribution is 7.15. The van der Waals surface area contributed by atoms with Gasteiger partial charge in [0.25, 0.3) is 0 Å². The molecule has 112 valence electrons. The van der Waals surface area contributed by atoms with Crippen LogP contribution in [0.5, 0.6) is 0 Å². The number of hydrogen-bond acceptors (Lipinski definition) is 5. The fourth-order valence-electron chi connectivity index (χ4n) is 1.90. The molecule has 0 unspecified atom stereocenters. The number of carboxylic acid groups (broad SMARTS) is 1. The number of halogens is 1. The van der Waals surface area contributed by atoms with Crippen LogP contribution in [-0.2, 0) is 11.2 Å². The minimum absolute atomic E-state index is 0.0522. The zero-order valence-electron chi connectivity index (χ0n) is 11.6. The second-order valence-corrected chi connectivity index (χ2v) is 6.07. The smallest absolute Gasteiger partial charge is 0.323 e. The zero-order valence-corrected chi connectivity index (χ0v) is 13.2. The van der Waals surface area contributed by atoms with E-state index in [4.69, 9.17) is 16.7 Å². The number of hydrogen-bond donors (Lipinski definition) is 1. The number of nitrogens with zero attached hydrogens (tertiary/aromatic N) is 3. The van der Waals surface area contributed by atoms with Crippen LogP contribution in [0.2, 0.25) is 5.02 Å². The maximum Gasteiger partial charge on any atom is 0.323 e. The van der Waals surface area contributed by atoms with Crippen molar-refractivity contribution < 1.29 is 9.90 Å². The average Bonchev–Trinajstić information content (AvgIpc) is 2.89. The second kappa shape index (κ2) is 7.38. The van der Waals surface area contributed by atoms with Crippen LogP contribution in [0.15, 0.2) is 24.3 Å². The average molecular weight is 326 g/mol. The number of carbonyl (C=O) groups is 1. The summed E-state index contributed by atoms with van der Waals surface area (Å²) >= 11 is 7.29. The number of aromatic nitrogens is 2. The van der Waals surface area contributed by atoms with Crippen molar-refractivity contribution in [3.05, 3.63) is 39.9 Å². The Labute approximate surface area is 132 Å². The molecule has 1 heterocycles. The van der Waals surface area contributed by atoms with E-state index in [1.165, 1.54) is 11.3 Å². The number of benzene rings is 1. The van der Waals surface area contributed by atoms with E-state index in [0.29, 0.717) is 23.1 Å². The van der Waals surface area contributed by atoms with Crippen LogP contribution < -0.4 is 4.90 Å². The number of anilines is 1. The summed E-state index contributed by atoms with van der Waals surface area (Å²) in [5, 5.41) is 19.4. The molecule has 0 bridgehead atoms. The van der Waals surface area contributed by atoms with Crippen LogP contribution in [0, 0.1) is 0 Å². The van der Waals surface area contributed by atoms with Crippen LogP contribution in [0.4, 0.5) is 5.13 Å². The Morgan fingerprint density at radius 2 is 2.05 bits per heavy atom. The van der Waals surface area contributed by atoms with E-state index in [1.54, 1.807) is 4.90 Å². The molecule has 0 fully saturated rings. The fraction of sp³-hybridized carbons (Fsp3) is 0.357.